The lowest BCUT2D eigenvalue weighted by atomic mass is 9.89. The zero-order valence-electron chi connectivity index (χ0n) is 10.9. The third-order valence-electron chi connectivity index (χ3n) is 3.71. The van der Waals surface area contributed by atoms with E-state index in [1.807, 2.05) is 12.1 Å². The lowest BCUT2D eigenvalue weighted by Crippen LogP contribution is -2.36. The first-order chi connectivity index (χ1) is 8.74. The summed E-state index contributed by atoms with van der Waals surface area (Å²) >= 11 is 0. The predicted molar refractivity (Wildman–Crippen MR) is 72.1 cm³/mol. The molecule has 100 valence electrons. The minimum absolute atomic E-state index is 0.210. The summed E-state index contributed by atoms with van der Waals surface area (Å²) in [7, 11) is 1.59. The Morgan fingerprint density at radius 1 is 1.39 bits per heavy atom. The van der Waals surface area contributed by atoms with E-state index in [1.165, 1.54) is 5.56 Å². The van der Waals surface area contributed by atoms with E-state index in [2.05, 4.69) is 4.90 Å². The quantitative estimate of drug-likeness (QED) is 0.851. The molecule has 0 radical (unpaired) electrons. The fraction of sp³-hybridized carbons (Fsp3) is 0.571. The number of likely N-dealkylation sites (tertiary alicyclic amines) is 1. The second kappa shape index (κ2) is 6.07. The Balaban J connectivity index is 2.01. The van der Waals surface area contributed by atoms with Crippen LogP contribution in [0.25, 0.3) is 0 Å². The molecule has 18 heavy (non-hydrogen) atoms. The Kier molecular flexibility index (Phi) is 4.44. The number of piperidine rings is 1. The van der Waals surface area contributed by atoms with E-state index in [0.717, 1.165) is 39.0 Å². The summed E-state index contributed by atoms with van der Waals surface area (Å²) in [4.78, 5) is 2.41. The van der Waals surface area contributed by atoms with Crippen LogP contribution in [0, 0.1) is 0 Å². The lowest BCUT2D eigenvalue weighted by Gasteiger charge is -2.31. The maximum Gasteiger partial charge on any atom is 0.160 e. The van der Waals surface area contributed by atoms with E-state index in [9.17, 15) is 5.11 Å². The van der Waals surface area contributed by atoms with Gasteiger partial charge in [-0.15, -0.1) is 0 Å². The number of nitrogens with zero attached hydrogens (tertiary/aromatic N) is 1. The van der Waals surface area contributed by atoms with Gasteiger partial charge in [0.05, 0.1) is 7.11 Å². The van der Waals surface area contributed by atoms with Crippen LogP contribution in [0.4, 0.5) is 0 Å². The normalized spacial score (nSPS) is 17.9. The molecule has 0 atom stereocenters. The Bertz CT molecular complexity index is 387. The number of benzene rings is 1. The van der Waals surface area contributed by atoms with E-state index in [-0.39, 0.29) is 5.75 Å². The molecule has 1 aromatic rings. The van der Waals surface area contributed by atoms with Crippen molar-refractivity contribution in [2.75, 3.05) is 33.3 Å². The molecule has 0 unspecified atom stereocenters. The van der Waals surface area contributed by atoms with Crippen LogP contribution in [0.15, 0.2) is 18.2 Å². The highest BCUT2D eigenvalue weighted by Crippen LogP contribution is 2.34. The van der Waals surface area contributed by atoms with Crippen molar-refractivity contribution in [3.63, 3.8) is 0 Å². The lowest BCUT2D eigenvalue weighted by molar-refractivity contribution is 0.217. The molecule has 0 amide bonds. The number of hydrogen-bond donors (Lipinski definition) is 2. The molecule has 1 fully saturated rings. The molecular formula is C14H22N2O2. The van der Waals surface area contributed by atoms with Crippen molar-refractivity contribution in [2.24, 2.45) is 5.73 Å². The monoisotopic (exact) mass is 250 g/mol. The SMILES string of the molecule is COc1cc(C2CCN(CCN)CC2)ccc1O. The molecule has 0 aromatic heterocycles. The molecule has 0 saturated carbocycles. The molecule has 1 aliphatic heterocycles. The molecule has 4 heteroatoms. The van der Waals surface area contributed by atoms with Gasteiger partial charge in [0.1, 0.15) is 0 Å². The molecule has 0 spiro atoms. The summed E-state index contributed by atoms with van der Waals surface area (Å²) in [6.07, 6.45) is 2.29. The van der Waals surface area contributed by atoms with E-state index in [1.54, 1.807) is 13.2 Å². The van der Waals surface area contributed by atoms with Crippen molar-refractivity contribution in [3.05, 3.63) is 23.8 Å². The van der Waals surface area contributed by atoms with Gasteiger partial charge in [0, 0.05) is 13.1 Å². The minimum Gasteiger partial charge on any atom is -0.504 e. The maximum atomic E-state index is 9.60. The average Bonchev–Trinajstić information content (AvgIpc) is 2.41. The predicted octanol–water partition coefficient (Wildman–Crippen LogP) is 1.54. The van der Waals surface area contributed by atoms with Crippen LogP contribution < -0.4 is 10.5 Å². The topological polar surface area (TPSA) is 58.7 Å². The summed E-state index contributed by atoms with van der Waals surface area (Å²) in [6, 6.07) is 5.68. The van der Waals surface area contributed by atoms with Gasteiger partial charge in [-0.1, -0.05) is 6.07 Å². The average molecular weight is 250 g/mol. The van der Waals surface area contributed by atoms with Crippen molar-refractivity contribution < 1.29 is 9.84 Å². The first kappa shape index (κ1) is 13.2. The van der Waals surface area contributed by atoms with E-state index in [4.69, 9.17) is 10.5 Å². The number of hydrogen-bond acceptors (Lipinski definition) is 4. The number of rotatable bonds is 4. The van der Waals surface area contributed by atoms with Gasteiger partial charge in [-0.05, 0) is 49.5 Å². The fourth-order valence-corrected chi connectivity index (χ4v) is 2.62. The molecule has 3 N–H and O–H groups in total. The third-order valence-corrected chi connectivity index (χ3v) is 3.71. The molecule has 2 rings (SSSR count). The van der Waals surface area contributed by atoms with Gasteiger partial charge in [-0.3, -0.25) is 0 Å². The van der Waals surface area contributed by atoms with Crippen LogP contribution in [0.5, 0.6) is 11.5 Å². The first-order valence-electron chi connectivity index (χ1n) is 6.54. The molecule has 4 nitrogen and oxygen atoms in total. The molecule has 1 saturated heterocycles. The largest absolute Gasteiger partial charge is 0.504 e. The van der Waals surface area contributed by atoms with Gasteiger partial charge in [-0.25, -0.2) is 0 Å². The number of phenolic OH excluding ortho intramolecular Hbond substituents is 1. The zero-order valence-corrected chi connectivity index (χ0v) is 10.9. The number of aromatic hydroxyl groups is 1. The van der Waals surface area contributed by atoms with E-state index >= 15 is 0 Å². The number of nitrogens with two attached hydrogens (primary N) is 1. The summed E-state index contributed by atoms with van der Waals surface area (Å²) in [5, 5.41) is 9.60. The van der Waals surface area contributed by atoms with Crippen molar-refractivity contribution in [1.29, 1.82) is 0 Å². The van der Waals surface area contributed by atoms with Gasteiger partial charge < -0.3 is 20.5 Å². The zero-order chi connectivity index (χ0) is 13.0. The van der Waals surface area contributed by atoms with Crippen LogP contribution in [0.3, 0.4) is 0 Å². The fourth-order valence-electron chi connectivity index (χ4n) is 2.62. The highest BCUT2D eigenvalue weighted by molar-refractivity contribution is 5.42. The summed E-state index contributed by atoms with van der Waals surface area (Å²) < 4.78 is 5.16. The third kappa shape index (κ3) is 2.94. The van der Waals surface area contributed by atoms with E-state index < -0.39 is 0 Å². The second-order valence-electron chi connectivity index (χ2n) is 4.84. The van der Waals surface area contributed by atoms with Crippen LogP contribution in [-0.4, -0.2) is 43.3 Å². The second-order valence-corrected chi connectivity index (χ2v) is 4.84. The Morgan fingerprint density at radius 3 is 2.72 bits per heavy atom. The van der Waals surface area contributed by atoms with E-state index in [0.29, 0.717) is 11.7 Å². The highest BCUT2D eigenvalue weighted by atomic mass is 16.5. The summed E-state index contributed by atoms with van der Waals surface area (Å²) in [6.45, 7) is 3.93. The van der Waals surface area contributed by atoms with Gasteiger partial charge in [-0.2, -0.15) is 0 Å². The van der Waals surface area contributed by atoms with Crippen LogP contribution in [-0.2, 0) is 0 Å². The summed E-state index contributed by atoms with van der Waals surface area (Å²) in [5.41, 5.74) is 6.83. The van der Waals surface area contributed by atoms with Crippen LogP contribution >= 0.6 is 0 Å². The van der Waals surface area contributed by atoms with Crippen LogP contribution in [0.2, 0.25) is 0 Å². The van der Waals surface area contributed by atoms with Crippen molar-refractivity contribution in [2.45, 2.75) is 18.8 Å². The smallest absolute Gasteiger partial charge is 0.160 e. The van der Waals surface area contributed by atoms with Gasteiger partial charge >= 0.3 is 0 Å². The minimum atomic E-state index is 0.210. The standard InChI is InChI=1S/C14H22N2O2/c1-18-14-10-12(2-3-13(14)17)11-4-7-16(8-5-11)9-6-15/h2-3,10-11,17H,4-9,15H2,1H3. The Labute approximate surface area is 108 Å². The Hall–Kier alpha value is -1.26. The van der Waals surface area contributed by atoms with Gasteiger partial charge in [0.15, 0.2) is 11.5 Å². The number of ether oxygens (including phenoxy) is 1. The van der Waals surface area contributed by atoms with Gasteiger partial charge in [0.25, 0.3) is 0 Å². The molecular weight excluding hydrogens is 228 g/mol. The molecule has 0 aliphatic carbocycles. The maximum absolute atomic E-state index is 9.60. The molecule has 0 bridgehead atoms. The number of methoxy groups -OCH3 is 1. The first-order valence-corrected chi connectivity index (χ1v) is 6.54. The van der Waals surface area contributed by atoms with Crippen LogP contribution in [0.1, 0.15) is 24.3 Å². The number of phenols is 1. The van der Waals surface area contributed by atoms with Gasteiger partial charge in [0.2, 0.25) is 0 Å². The van der Waals surface area contributed by atoms with Crippen molar-refractivity contribution in [3.8, 4) is 11.5 Å². The Morgan fingerprint density at radius 2 is 2.11 bits per heavy atom. The molecule has 1 heterocycles. The van der Waals surface area contributed by atoms with Crippen molar-refractivity contribution >= 4 is 0 Å². The molecule has 1 aliphatic rings. The highest BCUT2D eigenvalue weighted by Gasteiger charge is 2.20. The summed E-state index contributed by atoms with van der Waals surface area (Å²) in [5.74, 6) is 1.34. The molecule has 1 aromatic carbocycles. The van der Waals surface area contributed by atoms with Crippen molar-refractivity contribution in [1.82, 2.24) is 4.90 Å².